The number of rotatable bonds is 3. The third kappa shape index (κ3) is 3.01. The Bertz CT molecular complexity index is 615. The van der Waals surface area contributed by atoms with E-state index in [1.165, 1.54) is 6.92 Å². The van der Waals surface area contributed by atoms with Crippen LogP contribution in [0.4, 0.5) is 0 Å². The second-order valence-electron chi connectivity index (χ2n) is 5.65. The minimum atomic E-state index is -3.98. The molecule has 1 saturated carbocycles. The minimum absolute atomic E-state index is 0.156. The molecule has 112 valence electrons. The van der Waals surface area contributed by atoms with Gasteiger partial charge in [0.15, 0.2) is 5.69 Å². The van der Waals surface area contributed by atoms with Crippen molar-refractivity contribution < 1.29 is 13.2 Å². The number of sulfonamides is 1. The van der Waals surface area contributed by atoms with Crippen molar-refractivity contribution in [2.75, 3.05) is 0 Å². The monoisotopic (exact) mass is 300 g/mol. The van der Waals surface area contributed by atoms with E-state index < -0.39 is 15.9 Å². The van der Waals surface area contributed by atoms with Crippen LogP contribution in [-0.4, -0.2) is 30.1 Å². The summed E-state index contributed by atoms with van der Waals surface area (Å²) in [6.07, 6.45) is 5.03. The van der Waals surface area contributed by atoms with Gasteiger partial charge in [0, 0.05) is 5.54 Å². The first kappa shape index (κ1) is 15.0. The van der Waals surface area contributed by atoms with Gasteiger partial charge >= 0.3 is 0 Å². The molecule has 1 fully saturated rings. The SMILES string of the molecule is Cc1[nH]nc(C(=O)NC2(C)CCCCC2)c1S(N)(=O)=O. The molecule has 0 unspecified atom stereocenters. The molecule has 1 aliphatic carbocycles. The summed E-state index contributed by atoms with van der Waals surface area (Å²) in [5.41, 5.74) is -0.194. The molecule has 1 aliphatic rings. The molecule has 1 aromatic heterocycles. The summed E-state index contributed by atoms with van der Waals surface area (Å²) in [5.74, 6) is -0.497. The Kier molecular flexibility index (Phi) is 3.88. The molecule has 1 aromatic rings. The van der Waals surface area contributed by atoms with E-state index in [1.54, 1.807) is 0 Å². The van der Waals surface area contributed by atoms with E-state index in [-0.39, 0.29) is 21.8 Å². The number of H-pyrrole nitrogens is 1. The number of primary sulfonamides is 1. The first-order chi connectivity index (χ1) is 9.23. The standard InChI is InChI=1S/C12H20N4O3S/c1-8-10(20(13,18)19)9(16-15-8)11(17)14-12(2)6-4-3-5-7-12/h3-7H2,1-2H3,(H,14,17)(H,15,16)(H2,13,18,19). The van der Waals surface area contributed by atoms with Crippen LogP contribution in [0.2, 0.25) is 0 Å². The van der Waals surface area contributed by atoms with Crippen molar-refractivity contribution in [3.8, 4) is 0 Å². The van der Waals surface area contributed by atoms with Crippen LogP contribution in [-0.2, 0) is 10.0 Å². The summed E-state index contributed by atoms with van der Waals surface area (Å²) in [4.78, 5) is 12.1. The van der Waals surface area contributed by atoms with Gasteiger partial charge in [0.25, 0.3) is 5.91 Å². The van der Waals surface area contributed by atoms with E-state index in [9.17, 15) is 13.2 Å². The van der Waals surface area contributed by atoms with E-state index in [0.29, 0.717) is 0 Å². The number of aryl methyl sites for hydroxylation is 1. The normalized spacial score (nSPS) is 18.8. The maximum absolute atomic E-state index is 12.3. The van der Waals surface area contributed by atoms with E-state index in [1.807, 2.05) is 6.92 Å². The Morgan fingerprint density at radius 2 is 1.95 bits per heavy atom. The molecule has 4 N–H and O–H groups in total. The summed E-state index contributed by atoms with van der Waals surface area (Å²) < 4.78 is 23.1. The van der Waals surface area contributed by atoms with Gasteiger partial charge in [0.2, 0.25) is 10.0 Å². The lowest BCUT2D eigenvalue weighted by Gasteiger charge is -2.34. The molecule has 0 atom stereocenters. The lowest BCUT2D eigenvalue weighted by molar-refractivity contribution is 0.0874. The van der Waals surface area contributed by atoms with Crippen molar-refractivity contribution in [1.82, 2.24) is 15.5 Å². The number of nitrogens with one attached hydrogen (secondary N) is 2. The van der Waals surface area contributed by atoms with Gasteiger partial charge in [-0.15, -0.1) is 0 Å². The van der Waals surface area contributed by atoms with Crippen molar-refractivity contribution in [2.45, 2.75) is 56.4 Å². The zero-order valence-corrected chi connectivity index (χ0v) is 12.5. The lowest BCUT2D eigenvalue weighted by atomic mass is 9.83. The van der Waals surface area contributed by atoms with Crippen molar-refractivity contribution in [2.24, 2.45) is 5.14 Å². The highest BCUT2D eigenvalue weighted by Crippen LogP contribution is 2.28. The van der Waals surface area contributed by atoms with Gasteiger partial charge in [0.05, 0.1) is 5.69 Å². The van der Waals surface area contributed by atoms with Crippen LogP contribution in [0.25, 0.3) is 0 Å². The third-order valence-corrected chi connectivity index (χ3v) is 4.83. The molecule has 8 heteroatoms. The Hall–Kier alpha value is -1.41. The van der Waals surface area contributed by atoms with Gasteiger partial charge in [0.1, 0.15) is 4.90 Å². The first-order valence-corrected chi connectivity index (χ1v) is 8.18. The van der Waals surface area contributed by atoms with Gasteiger partial charge in [-0.1, -0.05) is 19.3 Å². The van der Waals surface area contributed by atoms with E-state index in [0.717, 1.165) is 32.1 Å². The molecule has 1 heterocycles. The van der Waals surface area contributed by atoms with Crippen molar-refractivity contribution in [3.63, 3.8) is 0 Å². The molecule has 2 rings (SSSR count). The predicted molar refractivity (Wildman–Crippen MR) is 73.7 cm³/mol. The van der Waals surface area contributed by atoms with Crippen LogP contribution in [0.5, 0.6) is 0 Å². The van der Waals surface area contributed by atoms with Crippen LogP contribution in [0.3, 0.4) is 0 Å². The highest BCUT2D eigenvalue weighted by atomic mass is 32.2. The average molecular weight is 300 g/mol. The fourth-order valence-electron chi connectivity index (χ4n) is 2.71. The zero-order valence-electron chi connectivity index (χ0n) is 11.7. The molecule has 0 aromatic carbocycles. The Labute approximate surface area is 118 Å². The van der Waals surface area contributed by atoms with E-state index >= 15 is 0 Å². The van der Waals surface area contributed by atoms with Crippen LogP contribution >= 0.6 is 0 Å². The van der Waals surface area contributed by atoms with Gasteiger partial charge in [-0.2, -0.15) is 5.10 Å². The fourth-order valence-corrected chi connectivity index (χ4v) is 3.59. The fraction of sp³-hybridized carbons (Fsp3) is 0.667. The summed E-state index contributed by atoms with van der Waals surface area (Å²) in [6.45, 7) is 3.49. The molecule has 7 nitrogen and oxygen atoms in total. The lowest BCUT2D eigenvalue weighted by Crippen LogP contribution is -2.47. The first-order valence-electron chi connectivity index (χ1n) is 6.63. The molecule has 0 spiro atoms. The highest BCUT2D eigenvalue weighted by molar-refractivity contribution is 7.89. The van der Waals surface area contributed by atoms with E-state index in [4.69, 9.17) is 5.14 Å². The highest BCUT2D eigenvalue weighted by Gasteiger charge is 2.32. The van der Waals surface area contributed by atoms with Crippen LogP contribution in [0.15, 0.2) is 4.90 Å². The van der Waals surface area contributed by atoms with Gasteiger partial charge < -0.3 is 5.32 Å². The number of hydrogen-bond donors (Lipinski definition) is 3. The van der Waals surface area contributed by atoms with Crippen LogP contribution in [0, 0.1) is 6.92 Å². The van der Waals surface area contributed by atoms with Crippen molar-refractivity contribution >= 4 is 15.9 Å². The summed E-state index contributed by atoms with van der Waals surface area (Å²) in [7, 11) is -3.98. The Morgan fingerprint density at radius 3 is 2.50 bits per heavy atom. The molecule has 0 saturated heterocycles. The second-order valence-corrected chi connectivity index (χ2v) is 7.15. The summed E-state index contributed by atoms with van der Waals surface area (Å²) in [6, 6.07) is 0. The quantitative estimate of drug-likeness (QED) is 0.765. The predicted octanol–water partition coefficient (Wildman–Crippen LogP) is 0.818. The maximum atomic E-state index is 12.3. The number of aromatic nitrogens is 2. The van der Waals surface area contributed by atoms with Crippen LogP contribution < -0.4 is 10.5 Å². The average Bonchev–Trinajstić information content (AvgIpc) is 2.71. The van der Waals surface area contributed by atoms with Crippen molar-refractivity contribution in [1.29, 1.82) is 0 Å². The number of carbonyl (C=O) groups is 1. The second kappa shape index (κ2) is 5.17. The third-order valence-electron chi connectivity index (χ3n) is 3.76. The number of aromatic amines is 1. The van der Waals surface area contributed by atoms with Gasteiger partial charge in [-0.25, -0.2) is 13.6 Å². The van der Waals surface area contributed by atoms with Crippen LogP contribution in [0.1, 0.15) is 55.2 Å². The summed E-state index contributed by atoms with van der Waals surface area (Å²) in [5, 5.41) is 14.3. The molecular weight excluding hydrogens is 280 g/mol. The molecule has 20 heavy (non-hydrogen) atoms. The Morgan fingerprint density at radius 1 is 1.35 bits per heavy atom. The van der Waals surface area contributed by atoms with Gasteiger partial charge in [-0.3, -0.25) is 9.89 Å². The van der Waals surface area contributed by atoms with Gasteiger partial charge in [-0.05, 0) is 26.7 Å². The van der Waals surface area contributed by atoms with Crippen molar-refractivity contribution in [3.05, 3.63) is 11.4 Å². The number of nitrogens with zero attached hydrogens (tertiary/aromatic N) is 1. The largest absolute Gasteiger partial charge is 0.345 e. The Balaban J connectivity index is 2.26. The van der Waals surface area contributed by atoms with E-state index in [2.05, 4.69) is 15.5 Å². The number of hydrogen-bond acceptors (Lipinski definition) is 4. The number of carbonyl (C=O) groups excluding carboxylic acids is 1. The summed E-state index contributed by atoms with van der Waals surface area (Å²) >= 11 is 0. The number of nitrogens with two attached hydrogens (primary N) is 1. The maximum Gasteiger partial charge on any atom is 0.273 e. The number of amides is 1. The molecular formula is C12H20N4O3S. The molecule has 0 radical (unpaired) electrons. The zero-order chi connectivity index (χ0) is 15.0. The minimum Gasteiger partial charge on any atom is -0.345 e. The molecule has 1 amide bonds. The smallest absolute Gasteiger partial charge is 0.273 e. The molecule has 0 bridgehead atoms. The molecule has 0 aliphatic heterocycles. The topological polar surface area (TPSA) is 118 Å².